The first-order valence-electron chi connectivity index (χ1n) is 5.59. The third-order valence-electron chi connectivity index (χ3n) is 2.85. The number of nitrogen functional groups attached to an aromatic ring is 1. The SMILES string of the molecule is Nc1ccc(CC2CN(C(=O)O)CCO2)cc1. The highest BCUT2D eigenvalue weighted by Crippen LogP contribution is 2.13. The number of carboxylic acid groups (broad SMARTS) is 1. The summed E-state index contributed by atoms with van der Waals surface area (Å²) >= 11 is 0. The van der Waals surface area contributed by atoms with Crippen molar-refractivity contribution in [2.75, 3.05) is 25.4 Å². The number of amides is 1. The first-order chi connectivity index (χ1) is 8.15. The zero-order valence-electron chi connectivity index (χ0n) is 9.50. The second kappa shape index (κ2) is 5.05. The molecule has 1 aromatic rings. The second-order valence-corrected chi connectivity index (χ2v) is 4.17. The first-order valence-corrected chi connectivity index (χ1v) is 5.59. The van der Waals surface area contributed by atoms with E-state index in [-0.39, 0.29) is 6.10 Å². The van der Waals surface area contributed by atoms with Gasteiger partial charge in [-0.1, -0.05) is 12.1 Å². The summed E-state index contributed by atoms with van der Waals surface area (Å²) in [5.74, 6) is 0. The molecule has 0 spiro atoms. The Hall–Kier alpha value is -1.75. The van der Waals surface area contributed by atoms with Gasteiger partial charge in [-0.15, -0.1) is 0 Å². The maximum absolute atomic E-state index is 10.9. The van der Waals surface area contributed by atoms with Crippen LogP contribution < -0.4 is 5.73 Å². The molecule has 1 aromatic carbocycles. The number of benzene rings is 1. The topological polar surface area (TPSA) is 75.8 Å². The van der Waals surface area contributed by atoms with Crippen molar-refractivity contribution in [3.63, 3.8) is 0 Å². The highest BCUT2D eigenvalue weighted by atomic mass is 16.5. The highest BCUT2D eigenvalue weighted by Gasteiger charge is 2.23. The van der Waals surface area contributed by atoms with Crippen molar-refractivity contribution in [2.24, 2.45) is 0 Å². The van der Waals surface area contributed by atoms with Crippen LogP contribution in [-0.2, 0) is 11.2 Å². The highest BCUT2D eigenvalue weighted by molar-refractivity contribution is 5.65. The number of nitrogens with zero attached hydrogens (tertiary/aromatic N) is 1. The minimum atomic E-state index is -0.879. The van der Waals surface area contributed by atoms with Gasteiger partial charge in [0.25, 0.3) is 0 Å². The zero-order valence-corrected chi connectivity index (χ0v) is 9.50. The summed E-state index contributed by atoms with van der Waals surface area (Å²) in [6, 6.07) is 7.57. The Morgan fingerprint density at radius 3 is 2.82 bits per heavy atom. The molecule has 1 unspecified atom stereocenters. The molecule has 0 radical (unpaired) electrons. The lowest BCUT2D eigenvalue weighted by Gasteiger charge is -2.31. The smallest absolute Gasteiger partial charge is 0.407 e. The molecule has 0 bridgehead atoms. The Labute approximate surface area is 99.8 Å². The predicted molar refractivity (Wildman–Crippen MR) is 63.9 cm³/mol. The van der Waals surface area contributed by atoms with E-state index < -0.39 is 6.09 Å². The molecule has 1 heterocycles. The third kappa shape index (κ3) is 3.10. The van der Waals surface area contributed by atoms with Gasteiger partial charge in [-0.3, -0.25) is 0 Å². The van der Waals surface area contributed by atoms with Gasteiger partial charge in [0.15, 0.2) is 0 Å². The second-order valence-electron chi connectivity index (χ2n) is 4.17. The molecule has 0 aliphatic carbocycles. The Kier molecular flexibility index (Phi) is 3.49. The fourth-order valence-electron chi connectivity index (χ4n) is 1.93. The van der Waals surface area contributed by atoms with Gasteiger partial charge in [0.05, 0.1) is 19.3 Å². The summed E-state index contributed by atoms with van der Waals surface area (Å²) in [5.41, 5.74) is 7.44. The molecule has 1 amide bonds. The molecule has 2 rings (SSSR count). The number of ether oxygens (including phenoxy) is 1. The van der Waals surface area contributed by atoms with E-state index >= 15 is 0 Å². The van der Waals surface area contributed by atoms with Crippen molar-refractivity contribution in [3.8, 4) is 0 Å². The fraction of sp³-hybridized carbons (Fsp3) is 0.417. The van der Waals surface area contributed by atoms with Gasteiger partial charge >= 0.3 is 6.09 Å². The van der Waals surface area contributed by atoms with Crippen LogP contribution in [0.3, 0.4) is 0 Å². The molecule has 0 aromatic heterocycles. The molecule has 3 N–H and O–H groups in total. The summed E-state index contributed by atoms with van der Waals surface area (Å²) in [4.78, 5) is 12.2. The average Bonchev–Trinajstić information content (AvgIpc) is 2.32. The third-order valence-corrected chi connectivity index (χ3v) is 2.85. The van der Waals surface area contributed by atoms with Crippen LogP contribution in [0.25, 0.3) is 0 Å². The van der Waals surface area contributed by atoms with Gasteiger partial charge in [0.1, 0.15) is 0 Å². The lowest BCUT2D eigenvalue weighted by atomic mass is 10.1. The van der Waals surface area contributed by atoms with Crippen molar-refractivity contribution in [2.45, 2.75) is 12.5 Å². The summed E-state index contributed by atoms with van der Waals surface area (Å²) in [6.07, 6.45) is -0.233. The predicted octanol–water partition coefficient (Wildman–Crippen LogP) is 1.19. The van der Waals surface area contributed by atoms with Crippen LogP contribution in [-0.4, -0.2) is 41.9 Å². The molecule has 1 fully saturated rings. The van der Waals surface area contributed by atoms with Crippen molar-refractivity contribution < 1.29 is 14.6 Å². The number of hydrogen-bond acceptors (Lipinski definition) is 3. The van der Waals surface area contributed by atoms with Crippen molar-refractivity contribution >= 4 is 11.8 Å². The van der Waals surface area contributed by atoms with Crippen LogP contribution in [0.2, 0.25) is 0 Å². The number of nitrogens with two attached hydrogens (primary N) is 1. The van der Waals surface area contributed by atoms with E-state index in [1.807, 2.05) is 24.3 Å². The zero-order chi connectivity index (χ0) is 12.3. The van der Waals surface area contributed by atoms with Gasteiger partial charge in [0.2, 0.25) is 0 Å². The normalized spacial score (nSPS) is 20.2. The standard InChI is InChI=1S/C12H16N2O3/c13-10-3-1-9(2-4-10)7-11-8-14(12(15)16)5-6-17-11/h1-4,11H,5-8,13H2,(H,15,16). The average molecular weight is 236 g/mol. The maximum atomic E-state index is 10.9. The first kappa shape index (κ1) is 11.7. The largest absolute Gasteiger partial charge is 0.465 e. The fourth-order valence-corrected chi connectivity index (χ4v) is 1.93. The Balaban J connectivity index is 1.94. The molecular formula is C12H16N2O3. The molecule has 92 valence electrons. The molecule has 5 heteroatoms. The molecule has 0 saturated carbocycles. The summed E-state index contributed by atoms with van der Waals surface area (Å²) < 4.78 is 5.56. The molecule has 1 aliphatic heterocycles. The van der Waals surface area contributed by atoms with Crippen molar-refractivity contribution in [1.82, 2.24) is 4.90 Å². The lowest BCUT2D eigenvalue weighted by molar-refractivity contribution is -0.0210. The summed E-state index contributed by atoms with van der Waals surface area (Å²) in [5, 5.41) is 8.91. The van der Waals surface area contributed by atoms with E-state index in [0.717, 1.165) is 11.3 Å². The van der Waals surface area contributed by atoms with E-state index in [1.54, 1.807) is 0 Å². The maximum Gasteiger partial charge on any atom is 0.407 e. The van der Waals surface area contributed by atoms with Crippen LogP contribution >= 0.6 is 0 Å². The summed E-state index contributed by atoms with van der Waals surface area (Å²) in [7, 11) is 0. The quantitative estimate of drug-likeness (QED) is 0.756. The van der Waals surface area contributed by atoms with Crippen LogP contribution in [0.15, 0.2) is 24.3 Å². The molecule has 1 atom stereocenters. The Bertz CT molecular complexity index is 391. The Morgan fingerprint density at radius 2 is 2.18 bits per heavy atom. The van der Waals surface area contributed by atoms with Gasteiger partial charge in [-0.2, -0.15) is 0 Å². The van der Waals surface area contributed by atoms with Gasteiger partial charge in [-0.05, 0) is 17.7 Å². The monoisotopic (exact) mass is 236 g/mol. The van der Waals surface area contributed by atoms with Crippen molar-refractivity contribution in [3.05, 3.63) is 29.8 Å². The van der Waals surface area contributed by atoms with Crippen LogP contribution in [0.1, 0.15) is 5.56 Å². The number of carbonyl (C=O) groups is 1. The van der Waals surface area contributed by atoms with E-state index in [1.165, 1.54) is 4.90 Å². The van der Waals surface area contributed by atoms with Gasteiger partial charge in [-0.25, -0.2) is 4.79 Å². The van der Waals surface area contributed by atoms with Crippen LogP contribution in [0.5, 0.6) is 0 Å². The molecule has 1 aliphatic rings. The Morgan fingerprint density at radius 1 is 1.47 bits per heavy atom. The molecule has 5 nitrogen and oxygen atoms in total. The molecule has 1 saturated heterocycles. The van der Waals surface area contributed by atoms with Crippen LogP contribution in [0, 0.1) is 0 Å². The number of rotatable bonds is 2. The van der Waals surface area contributed by atoms with Crippen LogP contribution in [0.4, 0.5) is 10.5 Å². The molecular weight excluding hydrogens is 220 g/mol. The van der Waals surface area contributed by atoms with Gasteiger partial charge in [0, 0.05) is 18.7 Å². The minimum Gasteiger partial charge on any atom is -0.465 e. The number of hydrogen-bond donors (Lipinski definition) is 2. The van der Waals surface area contributed by atoms with E-state index in [0.29, 0.717) is 26.1 Å². The van der Waals surface area contributed by atoms with E-state index in [2.05, 4.69) is 0 Å². The van der Waals surface area contributed by atoms with Crippen molar-refractivity contribution in [1.29, 1.82) is 0 Å². The van der Waals surface area contributed by atoms with E-state index in [9.17, 15) is 4.79 Å². The number of anilines is 1. The molecule has 17 heavy (non-hydrogen) atoms. The van der Waals surface area contributed by atoms with E-state index in [4.69, 9.17) is 15.6 Å². The lowest BCUT2D eigenvalue weighted by Crippen LogP contribution is -2.45. The minimum absolute atomic E-state index is 0.0662. The summed E-state index contributed by atoms with van der Waals surface area (Å²) in [6.45, 7) is 1.35. The number of morpholine rings is 1. The van der Waals surface area contributed by atoms with Gasteiger partial charge < -0.3 is 20.5 Å².